The first-order chi connectivity index (χ1) is 9.54. The lowest BCUT2D eigenvalue weighted by molar-refractivity contribution is 0.577. The highest BCUT2D eigenvalue weighted by Gasteiger charge is 2.35. The van der Waals surface area contributed by atoms with Gasteiger partial charge in [0.1, 0.15) is 11.6 Å². The third-order valence-electron chi connectivity index (χ3n) is 3.71. The number of anilines is 1. The Hall–Kier alpha value is -1.21. The van der Waals surface area contributed by atoms with Crippen molar-refractivity contribution in [3.8, 4) is 0 Å². The third kappa shape index (κ3) is 3.09. The molecular weight excluding hydrogens is 276 g/mol. The van der Waals surface area contributed by atoms with Crippen molar-refractivity contribution in [3.05, 3.63) is 17.6 Å². The van der Waals surface area contributed by atoms with E-state index < -0.39 is 10.0 Å². The molecule has 1 N–H and O–H groups in total. The van der Waals surface area contributed by atoms with Gasteiger partial charge in [-0.1, -0.05) is 0 Å². The van der Waals surface area contributed by atoms with Crippen LogP contribution in [0.25, 0.3) is 0 Å². The van der Waals surface area contributed by atoms with Crippen molar-refractivity contribution in [2.45, 2.75) is 44.4 Å². The van der Waals surface area contributed by atoms with E-state index in [-0.39, 0.29) is 11.8 Å². The Balaban J connectivity index is 1.72. The molecule has 7 heteroatoms. The number of aromatic nitrogens is 2. The van der Waals surface area contributed by atoms with Crippen LogP contribution < -0.4 is 9.62 Å². The lowest BCUT2D eigenvalue weighted by Gasteiger charge is -2.17. The Kier molecular flexibility index (Phi) is 3.64. The predicted molar refractivity (Wildman–Crippen MR) is 77.0 cm³/mol. The number of rotatable bonds is 5. The van der Waals surface area contributed by atoms with Gasteiger partial charge in [0.05, 0.1) is 11.8 Å². The van der Waals surface area contributed by atoms with Crippen LogP contribution in [0.4, 0.5) is 5.82 Å². The highest BCUT2D eigenvalue weighted by Crippen LogP contribution is 2.27. The van der Waals surface area contributed by atoms with Crippen LogP contribution in [0, 0.1) is 6.92 Å². The summed E-state index contributed by atoms with van der Waals surface area (Å²) in [5.74, 6) is 1.46. The van der Waals surface area contributed by atoms with E-state index in [9.17, 15) is 8.42 Å². The Labute approximate surface area is 119 Å². The lowest BCUT2D eigenvalue weighted by Crippen LogP contribution is -2.28. The summed E-state index contributed by atoms with van der Waals surface area (Å²) in [6.45, 7) is 4.13. The summed E-state index contributed by atoms with van der Waals surface area (Å²) in [6.07, 6.45) is 3.91. The zero-order valence-corrected chi connectivity index (χ0v) is 12.5. The molecule has 1 saturated carbocycles. The SMILES string of the molecule is Cc1cc(N2CCCC2)nc(CNS(=O)(=O)C2CC2)n1. The fourth-order valence-electron chi connectivity index (χ4n) is 2.46. The number of hydrogen-bond acceptors (Lipinski definition) is 5. The number of hydrogen-bond donors (Lipinski definition) is 1. The van der Waals surface area contributed by atoms with Crippen molar-refractivity contribution < 1.29 is 8.42 Å². The minimum Gasteiger partial charge on any atom is -0.357 e. The molecule has 0 radical (unpaired) electrons. The van der Waals surface area contributed by atoms with Crippen molar-refractivity contribution in [1.29, 1.82) is 0 Å². The van der Waals surface area contributed by atoms with E-state index in [2.05, 4.69) is 19.6 Å². The summed E-state index contributed by atoms with van der Waals surface area (Å²) >= 11 is 0. The molecule has 0 amide bonds. The summed E-state index contributed by atoms with van der Waals surface area (Å²) in [4.78, 5) is 11.0. The van der Waals surface area contributed by atoms with Gasteiger partial charge in [-0.15, -0.1) is 0 Å². The third-order valence-corrected chi connectivity index (χ3v) is 5.61. The maximum atomic E-state index is 11.8. The monoisotopic (exact) mass is 296 g/mol. The molecular formula is C13H20N4O2S. The summed E-state index contributed by atoms with van der Waals surface area (Å²) in [7, 11) is -3.17. The first-order valence-corrected chi connectivity index (χ1v) is 8.67. The van der Waals surface area contributed by atoms with Crippen LogP contribution in [-0.4, -0.2) is 36.7 Å². The Morgan fingerprint density at radius 1 is 1.30 bits per heavy atom. The molecule has 6 nitrogen and oxygen atoms in total. The largest absolute Gasteiger partial charge is 0.357 e. The van der Waals surface area contributed by atoms with Gasteiger partial charge in [-0.25, -0.2) is 23.1 Å². The Bertz CT molecular complexity index is 592. The molecule has 2 fully saturated rings. The average Bonchev–Trinajstić information content (AvgIpc) is 3.13. The topological polar surface area (TPSA) is 75.2 Å². The summed E-state index contributed by atoms with van der Waals surface area (Å²) in [5.41, 5.74) is 0.877. The maximum absolute atomic E-state index is 11.8. The molecule has 0 bridgehead atoms. The smallest absolute Gasteiger partial charge is 0.214 e. The fraction of sp³-hybridized carbons (Fsp3) is 0.692. The zero-order chi connectivity index (χ0) is 14.2. The van der Waals surface area contributed by atoms with Gasteiger partial charge in [0.25, 0.3) is 0 Å². The van der Waals surface area contributed by atoms with Crippen molar-refractivity contribution >= 4 is 15.8 Å². The van der Waals surface area contributed by atoms with Crippen LogP contribution in [0.2, 0.25) is 0 Å². The van der Waals surface area contributed by atoms with Crippen molar-refractivity contribution in [1.82, 2.24) is 14.7 Å². The Morgan fingerprint density at radius 3 is 2.65 bits per heavy atom. The molecule has 0 aromatic carbocycles. The van der Waals surface area contributed by atoms with E-state index in [1.54, 1.807) is 0 Å². The first-order valence-electron chi connectivity index (χ1n) is 7.12. The van der Waals surface area contributed by atoms with Crippen molar-refractivity contribution in [2.75, 3.05) is 18.0 Å². The van der Waals surface area contributed by atoms with Gasteiger partial charge in [-0.3, -0.25) is 0 Å². The standard InChI is InChI=1S/C13H20N4O2S/c1-10-8-13(17-6-2-3-7-17)16-12(15-10)9-14-20(18,19)11-4-5-11/h8,11,14H,2-7,9H2,1H3. The first kappa shape index (κ1) is 13.8. The second-order valence-electron chi connectivity index (χ2n) is 5.54. The van der Waals surface area contributed by atoms with Gasteiger partial charge in [0, 0.05) is 24.8 Å². The van der Waals surface area contributed by atoms with Crippen LogP contribution in [0.15, 0.2) is 6.07 Å². The number of nitrogens with one attached hydrogen (secondary N) is 1. The normalized spacial score (nSPS) is 19.6. The second kappa shape index (κ2) is 5.29. The molecule has 1 aliphatic heterocycles. The van der Waals surface area contributed by atoms with E-state index in [0.717, 1.165) is 37.4 Å². The van der Waals surface area contributed by atoms with Gasteiger partial charge in [0.2, 0.25) is 10.0 Å². The molecule has 20 heavy (non-hydrogen) atoms. The van der Waals surface area contributed by atoms with Crippen LogP contribution in [0.1, 0.15) is 37.2 Å². The maximum Gasteiger partial charge on any atom is 0.214 e. The van der Waals surface area contributed by atoms with Gasteiger partial charge in [0.15, 0.2) is 0 Å². The van der Waals surface area contributed by atoms with Crippen LogP contribution >= 0.6 is 0 Å². The van der Waals surface area contributed by atoms with Crippen LogP contribution in [0.5, 0.6) is 0 Å². The lowest BCUT2D eigenvalue weighted by atomic mass is 10.4. The van der Waals surface area contributed by atoms with Gasteiger partial charge in [-0.05, 0) is 32.6 Å². The molecule has 1 aromatic heterocycles. The molecule has 2 aliphatic rings. The molecule has 1 aliphatic carbocycles. The molecule has 2 heterocycles. The summed E-state index contributed by atoms with van der Waals surface area (Å²) in [6, 6.07) is 1.96. The molecule has 0 spiro atoms. The van der Waals surface area contributed by atoms with Gasteiger partial charge >= 0.3 is 0 Å². The summed E-state index contributed by atoms with van der Waals surface area (Å²) in [5, 5.41) is -0.203. The van der Waals surface area contributed by atoms with Gasteiger partial charge in [-0.2, -0.15) is 0 Å². The summed E-state index contributed by atoms with van der Waals surface area (Å²) < 4.78 is 26.2. The Morgan fingerprint density at radius 2 is 2.00 bits per heavy atom. The molecule has 0 unspecified atom stereocenters. The average molecular weight is 296 g/mol. The fourth-order valence-corrected chi connectivity index (χ4v) is 3.78. The van der Waals surface area contributed by atoms with Crippen LogP contribution in [-0.2, 0) is 16.6 Å². The molecule has 110 valence electrons. The molecule has 3 rings (SSSR count). The number of nitrogens with zero attached hydrogens (tertiary/aromatic N) is 3. The van der Waals surface area contributed by atoms with E-state index in [1.165, 1.54) is 12.8 Å². The quantitative estimate of drug-likeness (QED) is 0.876. The van der Waals surface area contributed by atoms with E-state index >= 15 is 0 Å². The van der Waals surface area contributed by atoms with Crippen molar-refractivity contribution in [2.24, 2.45) is 0 Å². The molecule has 0 atom stereocenters. The minimum atomic E-state index is -3.17. The number of sulfonamides is 1. The zero-order valence-electron chi connectivity index (χ0n) is 11.7. The van der Waals surface area contributed by atoms with Crippen molar-refractivity contribution in [3.63, 3.8) is 0 Å². The van der Waals surface area contributed by atoms with Crippen LogP contribution in [0.3, 0.4) is 0 Å². The molecule has 1 aromatic rings. The highest BCUT2D eigenvalue weighted by atomic mass is 32.2. The second-order valence-corrected chi connectivity index (χ2v) is 7.59. The minimum absolute atomic E-state index is 0.182. The van der Waals surface area contributed by atoms with E-state index in [1.807, 2.05) is 13.0 Å². The number of aryl methyl sites for hydroxylation is 1. The van der Waals surface area contributed by atoms with E-state index in [0.29, 0.717) is 5.82 Å². The van der Waals surface area contributed by atoms with E-state index in [4.69, 9.17) is 0 Å². The predicted octanol–water partition coefficient (Wildman–Crippen LogP) is 0.967. The van der Waals surface area contributed by atoms with Gasteiger partial charge < -0.3 is 4.90 Å². The highest BCUT2D eigenvalue weighted by molar-refractivity contribution is 7.90. The molecule has 1 saturated heterocycles.